The summed E-state index contributed by atoms with van der Waals surface area (Å²) in [5, 5.41) is 0. The predicted molar refractivity (Wildman–Crippen MR) is 86.3 cm³/mol. The Hall–Kier alpha value is -1.29. The van der Waals surface area contributed by atoms with E-state index in [-0.39, 0.29) is 12.1 Å². The molecule has 2 aliphatic heterocycles. The number of nitrogens with zero attached hydrogens (tertiary/aromatic N) is 4. The molecule has 0 atom stereocenters. The summed E-state index contributed by atoms with van der Waals surface area (Å²) in [7, 11) is -3.50. The monoisotopic (exact) mass is 341 g/mol. The molecule has 1 saturated heterocycles. The van der Waals surface area contributed by atoms with Gasteiger partial charge in [-0.2, -0.15) is 17.0 Å². The van der Waals surface area contributed by atoms with E-state index in [0.29, 0.717) is 43.1 Å². The van der Waals surface area contributed by atoms with E-state index >= 15 is 0 Å². The van der Waals surface area contributed by atoms with Gasteiger partial charge < -0.3 is 9.88 Å². The molecular formula is C14H23N5O3S. The molecule has 0 aromatic carbocycles. The van der Waals surface area contributed by atoms with Gasteiger partial charge in [-0.1, -0.05) is 6.92 Å². The van der Waals surface area contributed by atoms with Crippen LogP contribution in [0.3, 0.4) is 0 Å². The lowest BCUT2D eigenvalue weighted by Crippen LogP contribution is -2.54. The number of H-pyrrole nitrogens is 1. The van der Waals surface area contributed by atoms with Gasteiger partial charge in [0.05, 0.1) is 12.2 Å². The minimum atomic E-state index is -3.50. The van der Waals surface area contributed by atoms with Crippen LogP contribution in [0.4, 0.5) is 0 Å². The second-order valence-corrected chi connectivity index (χ2v) is 7.93. The zero-order valence-electron chi connectivity index (χ0n) is 13.6. The van der Waals surface area contributed by atoms with Gasteiger partial charge in [0.25, 0.3) is 15.8 Å². The Kier molecular flexibility index (Phi) is 4.54. The van der Waals surface area contributed by atoms with Gasteiger partial charge in [0, 0.05) is 38.3 Å². The Balaban J connectivity index is 1.78. The minimum absolute atomic E-state index is 0.152. The fourth-order valence-electron chi connectivity index (χ4n) is 3.18. The average Bonchev–Trinajstić information content (AvgIpc) is 2.54. The van der Waals surface area contributed by atoms with Crippen LogP contribution in [0.1, 0.15) is 24.0 Å². The summed E-state index contributed by atoms with van der Waals surface area (Å²) < 4.78 is 28.7. The summed E-state index contributed by atoms with van der Waals surface area (Å²) in [6.07, 6.45) is 0.409. The minimum Gasteiger partial charge on any atom is -0.311 e. The predicted octanol–water partition coefficient (Wildman–Crippen LogP) is -0.681. The first-order chi connectivity index (χ1) is 10.9. The second-order valence-electron chi connectivity index (χ2n) is 6.00. The highest BCUT2D eigenvalue weighted by atomic mass is 32.2. The first kappa shape index (κ1) is 16.6. The maximum atomic E-state index is 12.8. The standard InChI is InChI=1S/C14H23N5O3S/c1-3-17-6-8-18(9-7-17)23(21,22)19-5-4-12-13(10-19)15-11(2)16-14(12)20/h3-10H2,1-2H3,(H,15,16,20). The van der Waals surface area contributed by atoms with Gasteiger partial charge in [0.1, 0.15) is 5.82 Å². The van der Waals surface area contributed by atoms with E-state index in [9.17, 15) is 13.2 Å². The fraction of sp³-hybridized carbons (Fsp3) is 0.714. The summed E-state index contributed by atoms with van der Waals surface area (Å²) in [6.45, 7) is 7.79. The van der Waals surface area contributed by atoms with Crippen LogP contribution in [-0.4, -0.2) is 71.2 Å². The van der Waals surface area contributed by atoms with E-state index in [1.165, 1.54) is 4.31 Å². The Morgan fingerprint density at radius 2 is 1.83 bits per heavy atom. The zero-order valence-corrected chi connectivity index (χ0v) is 14.4. The molecule has 1 aromatic heterocycles. The summed E-state index contributed by atoms with van der Waals surface area (Å²) in [6, 6.07) is 0. The number of aryl methyl sites for hydroxylation is 1. The molecule has 0 aliphatic carbocycles. The SMILES string of the molecule is CCN1CCN(S(=O)(=O)N2CCc3c(nc(C)[nH]c3=O)C2)CC1. The van der Waals surface area contributed by atoms with E-state index in [2.05, 4.69) is 21.8 Å². The van der Waals surface area contributed by atoms with Gasteiger partial charge in [-0.3, -0.25) is 4.79 Å². The van der Waals surface area contributed by atoms with Crippen molar-refractivity contribution in [3.8, 4) is 0 Å². The van der Waals surface area contributed by atoms with E-state index in [1.54, 1.807) is 11.2 Å². The molecule has 2 aliphatic rings. The van der Waals surface area contributed by atoms with Crippen LogP contribution in [0.25, 0.3) is 0 Å². The maximum absolute atomic E-state index is 12.8. The second kappa shape index (κ2) is 6.31. The largest absolute Gasteiger partial charge is 0.311 e. The molecule has 0 unspecified atom stereocenters. The number of piperazine rings is 1. The molecule has 3 rings (SSSR count). The molecule has 0 radical (unpaired) electrons. The van der Waals surface area contributed by atoms with Crippen LogP contribution in [0.15, 0.2) is 4.79 Å². The molecule has 128 valence electrons. The van der Waals surface area contributed by atoms with Crippen molar-refractivity contribution in [3.63, 3.8) is 0 Å². The van der Waals surface area contributed by atoms with Crippen LogP contribution < -0.4 is 5.56 Å². The lowest BCUT2D eigenvalue weighted by molar-refractivity contribution is 0.186. The van der Waals surface area contributed by atoms with Crippen molar-refractivity contribution in [1.82, 2.24) is 23.5 Å². The van der Waals surface area contributed by atoms with E-state index in [1.807, 2.05) is 0 Å². The third-order valence-corrected chi connectivity index (χ3v) is 6.57. The van der Waals surface area contributed by atoms with Crippen LogP contribution >= 0.6 is 0 Å². The smallest absolute Gasteiger partial charge is 0.282 e. The van der Waals surface area contributed by atoms with Gasteiger partial charge in [-0.05, 0) is 19.9 Å². The summed E-state index contributed by atoms with van der Waals surface area (Å²) in [5.74, 6) is 0.518. The Labute approximate surface area is 136 Å². The normalized spacial score (nSPS) is 21.3. The van der Waals surface area contributed by atoms with Crippen molar-refractivity contribution < 1.29 is 8.42 Å². The molecule has 23 heavy (non-hydrogen) atoms. The van der Waals surface area contributed by atoms with E-state index in [4.69, 9.17) is 0 Å². The molecule has 0 amide bonds. The molecule has 0 bridgehead atoms. The zero-order chi connectivity index (χ0) is 16.6. The van der Waals surface area contributed by atoms with Crippen molar-refractivity contribution in [2.45, 2.75) is 26.8 Å². The lowest BCUT2D eigenvalue weighted by atomic mass is 10.1. The Morgan fingerprint density at radius 1 is 1.13 bits per heavy atom. The highest BCUT2D eigenvalue weighted by Crippen LogP contribution is 2.20. The van der Waals surface area contributed by atoms with Gasteiger partial charge in [0.2, 0.25) is 0 Å². The molecule has 1 aromatic rings. The van der Waals surface area contributed by atoms with E-state index in [0.717, 1.165) is 19.6 Å². The molecule has 9 heteroatoms. The molecule has 0 spiro atoms. The molecule has 3 heterocycles. The number of fused-ring (bicyclic) bond motifs is 1. The van der Waals surface area contributed by atoms with Crippen molar-refractivity contribution >= 4 is 10.2 Å². The molecule has 0 saturated carbocycles. The summed E-state index contributed by atoms with van der Waals surface area (Å²) >= 11 is 0. The van der Waals surface area contributed by atoms with E-state index < -0.39 is 10.2 Å². The first-order valence-corrected chi connectivity index (χ1v) is 9.37. The molecular weight excluding hydrogens is 318 g/mol. The van der Waals surface area contributed by atoms with Crippen molar-refractivity contribution in [2.24, 2.45) is 0 Å². The Bertz CT molecular complexity index is 737. The highest BCUT2D eigenvalue weighted by molar-refractivity contribution is 7.86. The third-order valence-electron chi connectivity index (χ3n) is 4.59. The van der Waals surface area contributed by atoms with Gasteiger partial charge in [0.15, 0.2) is 0 Å². The number of aromatic nitrogens is 2. The number of hydrogen-bond acceptors (Lipinski definition) is 5. The van der Waals surface area contributed by atoms with Crippen molar-refractivity contribution in [2.75, 3.05) is 39.3 Å². The van der Waals surface area contributed by atoms with Crippen molar-refractivity contribution in [3.05, 3.63) is 27.4 Å². The van der Waals surface area contributed by atoms with Gasteiger partial charge >= 0.3 is 0 Å². The van der Waals surface area contributed by atoms with Gasteiger partial charge in [-0.25, -0.2) is 4.98 Å². The lowest BCUT2D eigenvalue weighted by Gasteiger charge is -2.37. The van der Waals surface area contributed by atoms with Gasteiger partial charge in [-0.15, -0.1) is 0 Å². The van der Waals surface area contributed by atoms with Crippen LogP contribution in [0, 0.1) is 6.92 Å². The first-order valence-electron chi connectivity index (χ1n) is 7.98. The third kappa shape index (κ3) is 3.18. The average molecular weight is 341 g/mol. The van der Waals surface area contributed by atoms with Crippen LogP contribution in [-0.2, 0) is 23.2 Å². The number of hydrogen-bond donors (Lipinski definition) is 1. The van der Waals surface area contributed by atoms with Crippen LogP contribution in [0.2, 0.25) is 0 Å². The summed E-state index contributed by atoms with van der Waals surface area (Å²) in [4.78, 5) is 21.2. The highest BCUT2D eigenvalue weighted by Gasteiger charge is 2.35. The molecule has 1 N–H and O–H groups in total. The number of aromatic amines is 1. The quantitative estimate of drug-likeness (QED) is 0.787. The summed E-state index contributed by atoms with van der Waals surface area (Å²) in [5.41, 5.74) is 1.03. The molecule has 1 fully saturated rings. The van der Waals surface area contributed by atoms with Crippen molar-refractivity contribution in [1.29, 1.82) is 0 Å². The number of rotatable bonds is 3. The number of likely N-dealkylation sites (N-methyl/N-ethyl adjacent to an activating group) is 1. The Morgan fingerprint density at radius 3 is 2.48 bits per heavy atom. The number of nitrogens with one attached hydrogen (secondary N) is 1. The molecule has 8 nitrogen and oxygen atoms in total. The fourth-order valence-corrected chi connectivity index (χ4v) is 4.74. The maximum Gasteiger partial charge on any atom is 0.282 e. The van der Waals surface area contributed by atoms with Crippen LogP contribution in [0.5, 0.6) is 0 Å². The topological polar surface area (TPSA) is 89.6 Å².